The van der Waals surface area contributed by atoms with Gasteiger partial charge in [-0.25, -0.2) is 9.97 Å². The third-order valence-corrected chi connectivity index (χ3v) is 6.10. The van der Waals surface area contributed by atoms with E-state index in [-0.39, 0.29) is 21.9 Å². The number of rotatable bonds is 2. The van der Waals surface area contributed by atoms with E-state index in [1.54, 1.807) is 0 Å². The van der Waals surface area contributed by atoms with Crippen LogP contribution in [0.15, 0.2) is 0 Å². The van der Waals surface area contributed by atoms with Crippen molar-refractivity contribution in [2.45, 2.75) is 38.0 Å². The molecular weight excluding hydrogens is 309 g/mol. The molecule has 0 spiro atoms. The molecule has 4 aliphatic rings. The average Bonchev–Trinajstić information content (AvgIpc) is 2.35. The van der Waals surface area contributed by atoms with Crippen LogP contribution in [0.2, 0.25) is 10.4 Å². The standard InChI is InChI=1S/C15H17Cl2N3O/c16-13-11(14(18)21)12(19-15(17)20-13)10-8-2-6-1-7(4-8)5-9(10)3-6/h6-10H,1-5H2,(H2,18,21). The lowest BCUT2D eigenvalue weighted by Crippen LogP contribution is -2.44. The van der Waals surface area contributed by atoms with E-state index in [1.165, 1.54) is 32.1 Å². The summed E-state index contributed by atoms with van der Waals surface area (Å²) in [7, 11) is 0. The third kappa shape index (κ3) is 2.15. The lowest BCUT2D eigenvalue weighted by Gasteiger charge is -2.54. The molecule has 0 saturated heterocycles. The number of halogens is 2. The minimum atomic E-state index is -0.555. The largest absolute Gasteiger partial charge is 0.365 e. The van der Waals surface area contributed by atoms with Gasteiger partial charge < -0.3 is 5.73 Å². The Hall–Kier alpha value is -0.870. The van der Waals surface area contributed by atoms with E-state index in [0.29, 0.717) is 17.5 Å². The maximum Gasteiger partial charge on any atom is 0.253 e. The van der Waals surface area contributed by atoms with Crippen LogP contribution in [0.25, 0.3) is 0 Å². The number of aromatic nitrogens is 2. The molecule has 0 aromatic carbocycles. The zero-order valence-corrected chi connectivity index (χ0v) is 13.1. The first-order valence-corrected chi connectivity index (χ1v) is 8.31. The van der Waals surface area contributed by atoms with E-state index >= 15 is 0 Å². The van der Waals surface area contributed by atoms with Gasteiger partial charge in [-0.1, -0.05) is 11.6 Å². The highest BCUT2D eigenvalue weighted by atomic mass is 35.5. The first-order valence-electron chi connectivity index (χ1n) is 7.55. The van der Waals surface area contributed by atoms with Crippen molar-refractivity contribution in [3.63, 3.8) is 0 Å². The second-order valence-electron chi connectivity index (χ2n) is 6.86. The second kappa shape index (κ2) is 4.82. The van der Waals surface area contributed by atoms with Crippen LogP contribution in [0, 0.1) is 23.7 Å². The van der Waals surface area contributed by atoms with Crippen LogP contribution in [-0.2, 0) is 0 Å². The predicted octanol–water partition coefficient (Wildman–Crippen LogP) is 3.42. The summed E-state index contributed by atoms with van der Waals surface area (Å²) in [5.41, 5.74) is 6.48. The van der Waals surface area contributed by atoms with Crippen LogP contribution >= 0.6 is 23.2 Å². The van der Waals surface area contributed by atoms with E-state index in [4.69, 9.17) is 28.9 Å². The Balaban J connectivity index is 1.81. The molecule has 1 heterocycles. The zero-order chi connectivity index (χ0) is 14.7. The van der Waals surface area contributed by atoms with Gasteiger partial charge in [0.2, 0.25) is 5.28 Å². The van der Waals surface area contributed by atoms with Gasteiger partial charge in [0.05, 0.1) is 11.3 Å². The first-order chi connectivity index (χ1) is 10.0. The molecule has 4 bridgehead atoms. The minimum absolute atomic E-state index is 0.0892. The van der Waals surface area contributed by atoms with Crippen LogP contribution in [0.3, 0.4) is 0 Å². The summed E-state index contributed by atoms with van der Waals surface area (Å²) in [6.45, 7) is 0. The molecule has 1 amide bonds. The van der Waals surface area contributed by atoms with E-state index in [0.717, 1.165) is 11.8 Å². The Morgan fingerprint density at radius 3 is 2.10 bits per heavy atom. The van der Waals surface area contributed by atoms with Gasteiger partial charge in [0.25, 0.3) is 5.91 Å². The smallest absolute Gasteiger partial charge is 0.253 e. The highest BCUT2D eigenvalue weighted by molar-refractivity contribution is 6.34. The molecule has 1 aromatic heterocycles. The molecule has 4 saturated carbocycles. The SMILES string of the molecule is NC(=O)c1c(Cl)nc(Cl)nc1C1C2CC3CC(C2)CC1C3. The summed E-state index contributed by atoms with van der Waals surface area (Å²) in [5, 5.41) is 0.195. The van der Waals surface area contributed by atoms with Crippen molar-refractivity contribution in [3.8, 4) is 0 Å². The summed E-state index contributed by atoms with van der Waals surface area (Å²) >= 11 is 12.1. The van der Waals surface area contributed by atoms with Crippen molar-refractivity contribution >= 4 is 29.1 Å². The number of carbonyl (C=O) groups is 1. The van der Waals surface area contributed by atoms with Crippen molar-refractivity contribution in [2.75, 3.05) is 0 Å². The van der Waals surface area contributed by atoms with Gasteiger partial charge in [0, 0.05) is 5.92 Å². The van der Waals surface area contributed by atoms with E-state index < -0.39 is 5.91 Å². The van der Waals surface area contributed by atoms with Gasteiger partial charge >= 0.3 is 0 Å². The molecule has 4 nitrogen and oxygen atoms in total. The molecule has 0 aliphatic heterocycles. The maximum atomic E-state index is 11.8. The fourth-order valence-corrected chi connectivity index (χ4v) is 5.75. The normalized spacial score (nSPS) is 37.0. The molecule has 0 atom stereocenters. The lowest BCUT2D eigenvalue weighted by atomic mass is 9.51. The molecule has 6 heteroatoms. The highest BCUT2D eigenvalue weighted by Gasteiger charge is 2.50. The van der Waals surface area contributed by atoms with Gasteiger partial charge in [-0.3, -0.25) is 4.79 Å². The Morgan fingerprint density at radius 1 is 1.00 bits per heavy atom. The molecule has 5 rings (SSSR count). The van der Waals surface area contributed by atoms with Crippen molar-refractivity contribution in [2.24, 2.45) is 29.4 Å². The van der Waals surface area contributed by atoms with E-state index in [1.807, 2.05) is 0 Å². The Morgan fingerprint density at radius 2 is 1.57 bits per heavy atom. The number of hydrogen-bond donors (Lipinski definition) is 1. The maximum absolute atomic E-state index is 11.8. The van der Waals surface area contributed by atoms with Gasteiger partial charge in [-0.2, -0.15) is 0 Å². The van der Waals surface area contributed by atoms with Gasteiger partial charge in [0.15, 0.2) is 0 Å². The van der Waals surface area contributed by atoms with Crippen molar-refractivity contribution < 1.29 is 4.79 Å². The molecule has 4 fully saturated rings. The number of nitrogens with zero attached hydrogens (tertiary/aromatic N) is 2. The molecule has 0 unspecified atom stereocenters. The molecule has 112 valence electrons. The highest BCUT2D eigenvalue weighted by Crippen LogP contribution is 2.60. The number of primary amides is 1. The third-order valence-electron chi connectivity index (χ3n) is 5.65. The van der Waals surface area contributed by atoms with Crippen LogP contribution in [0.5, 0.6) is 0 Å². The lowest BCUT2D eigenvalue weighted by molar-refractivity contribution is -0.00439. The Bertz CT molecular complexity index is 591. The predicted molar refractivity (Wildman–Crippen MR) is 80.4 cm³/mol. The van der Waals surface area contributed by atoms with Crippen molar-refractivity contribution in [1.82, 2.24) is 9.97 Å². The van der Waals surface area contributed by atoms with E-state index in [9.17, 15) is 4.79 Å². The second-order valence-corrected chi connectivity index (χ2v) is 7.56. The minimum Gasteiger partial charge on any atom is -0.365 e. The summed E-state index contributed by atoms with van der Waals surface area (Å²) in [5.74, 6) is 2.59. The average molecular weight is 326 g/mol. The summed E-state index contributed by atoms with van der Waals surface area (Å²) in [6, 6.07) is 0. The van der Waals surface area contributed by atoms with Crippen LogP contribution in [0.1, 0.15) is 54.1 Å². The number of amides is 1. The van der Waals surface area contributed by atoms with Crippen LogP contribution in [0.4, 0.5) is 0 Å². The number of nitrogens with two attached hydrogens (primary N) is 1. The monoisotopic (exact) mass is 325 g/mol. The van der Waals surface area contributed by atoms with Crippen LogP contribution in [-0.4, -0.2) is 15.9 Å². The topological polar surface area (TPSA) is 68.9 Å². The molecule has 21 heavy (non-hydrogen) atoms. The fraction of sp³-hybridized carbons (Fsp3) is 0.667. The van der Waals surface area contributed by atoms with Crippen LogP contribution < -0.4 is 5.73 Å². The summed E-state index contributed by atoms with van der Waals surface area (Å²) < 4.78 is 0. The quantitative estimate of drug-likeness (QED) is 0.669. The summed E-state index contributed by atoms with van der Waals surface area (Å²) in [6.07, 6.45) is 6.31. The Kier molecular flexibility index (Phi) is 3.16. The number of carbonyl (C=O) groups excluding carboxylic acids is 1. The number of hydrogen-bond acceptors (Lipinski definition) is 3. The van der Waals surface area contributed by atoms with Gasteiger partial charge in [-0.15, -0.1) is 0 Å². The Labute approximate surface area is 133 Å². The molecule has 4 aliphatic carbocycles. The fourth-order valence-electron chi connectivity index (χ4n) is 5.26. The van der Waals surface area contributed by atoms with Crippen molar-refractivity contribution in [1.29, 1.82) is 0 Å². The van der Waals surface area contributed by atoms with E-state index in [2.05, 4.69) is 9.97 Å². The molecule has 2 N–H and O–H groups in total. The van der Waals surface area contributed by atoms with Gasteiger partial charge in [0.1, 0.15) is 5.15 Å². The molecule has 1 aromatic rings. The van der Waals surface area contributed by atoms with Gasteiger partial charge in [-0.05, 0) is 67.4 Å². The van der Waals surface area contributed by atoms with Crippen molar-refractivity contribution in [3.05, 3.63) is 21.7 Å². The zero-order valence-electron chi connectivity index (χ0n) is 11.6. The first kappa shape index (κ1) is 13.8. The molecule has 0 radical (unpaired) electrons. The summed E-state index contributed by atoms with van der Waals surface area (Å²) in [4.78, 5) is 20.1. The molecular formula is C15H17Cl2N3O.